The number of hydrogen-bond acceptors (Lipinski definition) is 3. The number of nitrogens with one attached hydrogen (secondary N) is 1. The van der Waals surface area contributed by atoms with Gasteiger partial charge in [0.25, 0.3) is 0 Å². The molecule has 3 aromatic rings. The molecule has 0 fully saturated rings. The maximum Gasteiger partial charge on any atom is 0.416 e. The number of carbonyl (C=O) groups is 2. The normalized spacial score (nSPS) is 11.6. The molecule has 0 saturated heterocycles. The minimum absolute atomic E-state index is 0.0977. The fourth-order valence-corrected chi connectivity index (χ4v) is 2.90. The van der Waals surface area contributed by atoms with E-state index < -0.39 is 11.7 Å². The third-order valence-electron chi connectivity index (χ3n) is 4.05. The van der Waals surface area contributed by atoms with Crippen LogP contribution in [-0.4, -0.2) is 11.7 Å². The van der Waals surface area contributed by atoms with E-state index in [1.54, 1.807) is 18.2 Å². The molecule has 0 radical (unpaired) electrons. The van der Waals surface area contributed by atoms with E-state index in [4.69, 9.17) is 16.0 Å². The van der Waals surface area contributed by atoms with Crippen molar-refractivity contribution in [2.75, 3.05) is 5.32 Å². The third kappa shape index (κ3) is 5.18. The second-order valence-corrected chi connectivity index (χ2v) is 6.76. The largest absolute Gasteiger partial charge is 0.457 e. The molecular formula is C22H15ClF3NO3. The topological polar surface area (TPSA) is 59.3 Å². The smallest absolute Gasteiger partial charge is 0.416 e. The Kier molecular flexibility index (Phi) is 6.12. The summed E-state index contributed by atoms with van der Waals surface area (Å²) in [6.07, 6.45) is -1.84. The zero-order valence-corrected chi connectivity index (χ0v) is 16.3. The summed E-state index contributed by atoms with van der Waals surface area (Å²) in [4.78, 5) is 23.5. The molecule has 0 saturated carbocycles. The molecule has 0 aliphatic heterocycles. The Labute approximate surface area is 175 Å². The SMILES string of the molecule is CC(=O)Nc1cccc(C(=O)/C=C/c2ccc(-c3cc(C(F)(F)F)ccc3Cl)o2)c1. The molecule has 2 aromatic carbocycles. The van der Waals surface area contributed by atoms with Gasteiger partial charge in [-0.15, -0.1) is 0 Å². The summed E-state index contributed by atoms with van der Waals surface area (Å²) < 4.78 is 44.4. The number of amides is 1. The van der Waals surface area contributed by atoms with E-state index in [2.05, 4.69) is 5.32 Å². The highest BCUT2D eigenvalue weighted by molar-refractivity contribution is 6.33. The molecule has 8 heteroatoms. The lowest BCUT2D eigenvalue weighted by Crippen LogP contribution is -2.06. The number of anilines is 1. The highest BCUT2D eigenvalue weighted by Crippen LogP contribution is 2.36. The van der Waals surface area contributed by atoms with E-state index in [-0.39, 0.29) is 33.8 Å². The highest BCUT2D eigenvalue weighted by Gasteiger charge is 2.31. The zero-order chi connectivity index (χ0) is 21.9. The van der Waals surface area contributed by atoms with Crippen molar-refractivity contribution in [1.82, 2.24) is 0 Å². The van der Waals surface area contributed by atoms with E-state index >= 15 is 0 Å². The molecule has 154 valence electrons. The van der Waals surface area contributed by atoms with Gasteiger partial charge in [-0.3, -0.25) is 9.59 Å². The fraction of sp³-hybridized carbons (Fsp3) is 0.0909. The molecule has 0 spiro atoms. The van der Waals surface area contributed by atoms with Crippen molar-refractivity contribution in [2.24, 2.45) is 0 Å². The molecule has 4 nitrogen and oxygen atoms in total. The molecule has 0 atom stereocenters. The average Bonchev–Trinajstić information content (AvgIpc) is 3.14. The summed E-state index contributed by atoms with van der Waals surface area (Å²) in [5, 5.41) is 2.70. The van der Waals surface area contributed by atoms with Gasteiger partial charge in [-0.05, 0) is 54.6 Å². The molecule has 30 heavy (non-hydrogen) atoms. The molecular weight excluding hydrogens is 419 g/mol. The van der Waals surface area contributed by atoms with Crippen LogP contribution in [0, 0.1) is 0 Å². The lowest BCUT2D eigenvalue weighted by molar-refractivity contribution is -0.137. The van der Waals surface area contributed by atoms with Gasteiger partial charge in [0.15, 0.2) is 5.78 Å². The van der Waals surface area contributed by atoms with Crippen LogP contribution in [0.3, 0.4) is 0 Å². The predicted octanol–water partition coefficient (Wildman–Crippen LogP) is 6.47. The number of benzene rings is 2. The summed E-state index contributed by atoms with van der Waals surface area (Å²) in [6, 6.07) is 12.4. The van der Waals surface area contributed by atoms with Crippen molar-refractivity contribution >= 4 is 35.1 Å². The maximum absolute atomic E-state index is 12.9. The van der Waals surface area contributed by atoms with Gasteiger partial charge in [-0.25, -0.2) is 0 Å². The molecule has 1 N–H and O–H groups in total. The van der Waals surface area contributed by atoms with Crippen LogP contribution in [0.2, 0.25) is 5.02 Å². The van der Waals surface area contributed by atoms with Crippen LogP contribution < -0.4 is 5.32 Å². The maximum atomic E-state index is 12.9. The molecule has 1 amide bonds. The summed E-state index contributed by atoms with van der Waals surface area (Å²) in [6.45, 7) is 1.36. The first-order valence-electron chi connectivity index (χ1n) is 8.70. The summed E-state index contributed by atoms with van der Waals surface area (Å²) >= 11 is 6.02. The lowest BCUT2D eigenvalue weighted by Gasteiger charge is -2.09. The Morgan fingerprint density at radius 1 is 1.07 bits per heavy atom. The van der Waals surface area contributed by atoms with Gasteiger partial charge in [0.05, 0.1) is 10.6 Å². The van der Waals surface area contributed by atoms with Crippen LogP contribution in [0.1, 0.15) is 28.6 Å². The van der Waals surface area contributed by atoms with Crippen molar-refractivity contribution in [3.8, 4) is 11.3 Å². The first kappa shape index (κ1) is 21.4. The number of ketones is 1. The Hall–Kier alpha value is -3.32. The van der Waals surface area contributed by atoms with Crippen LogP contribution >= 0.6 is 11.6 Å². The highest BCUT2D eigenvalue weighted by atomic mass is 35.5. The standard InChI is InChI=1S/C22H15ClF3NO3/c1-13(28)27-16-4-2-3-14(11-16)20(29)9-6-17-7-10-21(30-17)18-12-15(22(24,25)26)5-8-19(18)23/h2-12H,1H3,(H,27,28)/b9-6+. The first-order chi connectivity index (χ1) is 14.1. The van der Waals surface area contributed by atoms with Gasteiger partial charge < -0.3 is 9.73 Å². The van der Waals surface area contributed by atoms with Crippen molar-refractivity contribution in [3.63, 3.8) is 0 Å². The van der Waals surface area contributed by atoms with Crippen LogP contribution in [0.25, 0.3) is 17.4 Å². The van der Waals surface area contributed by atoms with Crippen molar-refractivity contribution in [1.29, 1.82) is 0 Å². The van der Waals surface area contributed by atoms with Gasteiger partial charge in [0.1, 0.15) is 11.5 Å². The quantitative estimate of drug-likeness (QED) is 0.370. The minimum atomic E-state index is -4.51. The molecule has 0 aliphatic carbocycles. The second kappa shape index (κ2) is 8.59. The second-order valence-electron chi connectivity index (χ2n) is 6.35. The number of furan rings is 1. The Balaban J connectivity index is 1.80. The number of alkyl halides is 3. The Bertz CT molecular complexity index is 1130. The number of halogens is 4. The molecule has 0 bridgehead atoms. The molecule has 0 unspecified atom stereocenters. The number of carbonyl (C=O) groups excluding carboxylic acids is 2. The number of hydrogen-bond donors (Lipinski definition) is 1. The molecule has 3 rings (SSSR count). The van der Waals surface area contributed by atoms with Gasteiger partial charge >= 0.3 is 6.18 Å². The van der Waals surface area contributed by atoms with E-state index in [0.29, 0.717) is 11.3 Å². The van der Waals surface area contributed by atoms with Gasteiger partial charge in [-0.1, -0.05) is 23.7 Å². The molecule has 1 aromatic heterocycles. The van der Waals surface area contributed by atoms with E-state index in [0.717, 1.165) is 18.2 Å². The third-order valence-corrected chi connectivity index (χ3v) is 4.38. The molecule has 1 heterocycles. The predicted molar refractivity (Wildman–Crippen MR) is 108 cm³/mol. The summed E-state index contributed by atoms with van der Waals surface area (Å²) in [7, 11) is 0. The summed E-state index contributed by atoms with van der Waals surface area (Å²) in [5.74, 6) is -0.181. The lowest BCUT2D eigenvalue weighted by atomic mass is 10.1. The molecule has 0 aliphatic rings. The average molecular weight is 434 g/mol. The van der Waals surface area contributed by atoms with Crippen molar-refractivity contribution < 1.29 is 27.2 Å². The number of allylic oxidation sites excluding steroid dienone is 1. The van der Waals surface area contributed by atoms with Crippen LogP contribution in [0.15, 0.2) is 65.1 Å². The Morgan fingerprint density at radius 3 is 2.53 bits per heavy atom. The monoisotopic (exact) mass is 433 g/mol. The van der Waals surface area contributed by atoms with E-state index in [1.807, 2.05) is 0 Å². The van der Waals surface area contributed by atoms with Gasteiger partial charge in [-0.2, -0.15) is 13.2 Å². The summed E-state index contributed by atoms with van der Waals surface area (Å²) in [5.41, 5.74) is 0.0940. The van der Waals surface area contributed by atoms with E-state index in [1.165, 1.54) is 37.3 Å². The fourth-order valence-electron chi connectivity index (χ4n) is 2.69. The van der Waals surface area contributed by atoms with Gasteiger partial charge in [0, 0.05) is 23.7 Å². The van der Waals surface area contributed by atoms with Crippen LogP contribution in [-0.2, 0) is 11.0 Å². The van der Waals surface area contributed by atoms with Gasteiger partial charge in [0.2, 0.25) is 5.91 Å². The minimum Gasteiger partial charge on any atom is -0.457 e. The zero-order valence-electron chi connectivity index (χ0n) is 15.6. The van der Waals surface area contributed by atoms with Crippen molar-refractivity contribution in [2.45, 2.75) is 13.1 Å². The van der Waals surface area contributed by atoms with Crippen molar-refractivity contribution in [3.05, 3.63) is 82.6 Å². The van der Waals surface area contributed by atoms with Crippen LogP contribution in [0.4, 0.5) is 18.9 Å². The van der Waals surface area contributed by atoms with E-state index in [9.17, 15) is 22.8 Å². The first-order valence-corrected chi connectivity index (χ1v) is 9.08. The number of rotatable bonds is 5. The Morgan fingerprint density at radius 2 is 1.83 bits per heavy atom. The van der Waals surface area contributed by atoms with Crippen LogP contribution in [0.5, 0.6) is 0 Å².